The summed E-state index contributed by atoms with van der Waals surface area (Å²) in [4.78, 5) is 20.8. The number of ether oxygens (including phenoxy) is 1. The second-order valence-corrected chi connectivity index (χ2v) is 2.51. The third-order valence-corrected chi connectivity index (χ3v) is 1.29. The van der Waals surface area contributed by atoms with Gasteiger partial charge in [-0.05, 0) is 12.8 Å². The summed E-state index contributed by atoms with van der Waals surface area (Å²) < 4.78 is 4.70. The number of aliphatic carboxylic acids is 1. The van der Waals surface area contributed by atoms with Gasteiger partial charge in [0.1, 0.15) is 0 Å². The van der Waals surface area contributed by atoms with Gasteiger partial charge in [-0.25, -0.2) is 9.59 Å². The van der Waals surface area contributed by atoms with Gasteiger partial charge in [0.15, 0.2) is 0 Å². The average Bonchev–Trinajstić information content (AvgIpc) is 2.14. The van der Waals surface area contributed by atoms with Crippen molar-refractivity contribution >= 4 is 11.9 Å². The van der Waals surface area contributed by atoms with Gasteiger partial charge in [-0.3, -0.25) is 0 Å². The lowest BCUT2D eigenvalue weighted by Crippen LogP contribution is -2.02. The van der Waals surface area contributed by atoms with Crippen LogP contribution in [0.25, 0.3) is 0 Å². The first-order valence-electron chi connectivity index (χ1n) is 4.39. The smallest absolute Gasteiger partial charge is 0.331 e. The van der Waals surface area contributed by atoms with E-state index in [1.165, 1.54) is 0 Å². The SMILES string of the molecule is CCC=CCCOC(=O)C=CC(=O)O. The molecule has 0 aromatic heterocycles. The van der Waals surface area contributed by atoms with E-state index in [9.17, 15) is 9.59 Å². The highest BCUT2D eigenvalue weighted by Gasteiger charge is 1.96. The second-order valence-electron chi connectivity index (χ2n) is 2.51. The zero-order valence-electron chi connectivity index (χ0n) is 8.10. The van der Waals surface area contributed by atoms with E-state index in [4.69, 9.17) is 9.84 Å². The molecule has 0 bridgehead atoms. The maximum Gasteiger partial charge on any atom is 0.331 e. The third kappa shape index (κ3) is 8.52. The van der Waals surface area contributed by atoms with E-state index < -0.39 is 11.9 Å². The molecule has 0 aliphatic rings. The third-order valence-electron chi connectivity index (χ3n) is 1.29. The van der Waals surface area contributed by atoms with Gasteiger partial charge in [-0.1, -0.05) is 19.1 Å². The summed E-state index contributed by atoms with van der Waals surface area (Å²) >= 11 is 0. The van der Waals surface area contributed by atoms with E-state index in [0.29, 0.717) is 6.42 Å². The summed E-state index contributed by atoms with van der Waals surface area (Å²) in [5, 5.41) is 8.20. The Labute approximate surface area is 82.9 Å². The van der Waals surface area contributed by atoms with Crippen LogP contribution >= 0.6 is 0 Å². The maximum atomic E-state index is 10.8. The number of hydrogen-bond donors (Lipinski definition) is 1. The standard InChI is InChI=1S/C10H14O4/c1-2-3-4-5-8-14-10(13)7-6-9(11)12/h3-4,6-7H,2,5,8H2,1H3,(H,11,12). The molecule has 4 heteroatoms. The molecule has 0 rings (SSSR count). The Bertz CT molecular complexity index is 241. The van der Waals surface area contributed by atoms with Gasteiger partial charge in [0.2, 0.25) is 0 Å². The molecule has 0 aromatic rings. The molecule has 4 nitrogen and oxygen atoms in total. The van der Waals surface area contributed by atoms with Crippen LogP contribution < -0.4 is 0 Å². The van der Waals surface area contributed by atoms with Gasteiger partial charge in [-0.15, -0.1) is 0 Å². The Hall–Kier alpha value is -1.58. The lowest BCUT2D eigenvalue weighted by molar-refractivity contribution is -0.138. The van der Waals surface area contributed by atoms with Gasteiger partial charge < -0.3 is 9.84 Å². The molecule has 0 fully saturated rings. The molecule has 0 amide bonds. The van der Waals surface area contributed by atoms with Crippen LogP contribution in [-0.4, -0.2) is 23.7 Å². The van der Waals surface area contributed by atoms with E-state index in [0.717, 1.165) is 18.6 Å². The van der Waals surface area contributed by atoms with Crippen LogP contribution in [0.2, 0.25) is 0 Å². The van der Waals surface area contributed by atoms with Gasteiger partial charge >= 0.3 is 11.9 Å². The van der Waals surface area contributed by atoms with Crippen LogP contribution in [0.5, 0.6) is 0 Å². The monoisotopic (exact) mass is 198 g/mol. The molecule has 0 heterocycles. The van der Waals surface area contributed by atoms with Crippen molar-refractivity contribution in [3.05, 3.63) is 24.3 Å². The average molecular weight is 198 g/mol. The van der Waals surface area contributed by atoms with Gasteiger partial charge in [-0.2, -0.15) is 0 Å². The largest absolute Gasteiger partial charge is 0.478 e. The minimum Gasteiger partial charge on any atom is -0.478 e. The van der Waals surface area contributed by atoms with Crippen molar-refractivity contribution in [3.8, 4) is 0 Å². The fourth-order valence-corrected chi connectivity index (χ4v) is 0.700. The predicted octanol–water partition coefficient (Wildman–Crippen LogP) is 1.53. The molecule has 0 aliphatic carbocycles. The number of allylic oxidation sites excluding steroid dienone is 1. The summed E-state index contributed by atoms with van der Waals surface area (Å²) in [5.41, 5.74) is 0. The van der Waals surface area contributed by atoms with Crippen LogP contribution in [0.3, 0.4) is 0 Å². The quantitative estimate of drug-likeness (QED) is 0.304. The van der Waals surface area contributed by atoms with Crippen LogP contribution in [-0.2, 0) is 14.3 Å². The highest BCUT2D eigenvalue weighted by molar-refractivity contribution is 5.90. The van der Waals surface area contributed by atoms with Crippen molar-refractivity contribution in [3.63, 3.8) is 0 Å². The molecule has 0 atom stereocenters. The van der Waals surface area contributed by atoms with Crippen LogP contribution in [0.4, 0.5) is 0 Å². The fourth-order valence-electron chi connectivity index (χ4n) is 0.700. The first kappa shape index (κ1) is 12.4. The van der Waals surface area contributed by atoms with Gasteiger partial charge in [0.05, 0.1) is 6.61 Å². The van der Waals surface area contributed by atoms with E-state index in [-0.39, 0.29) is 6.61 Å². The van der Waals surface area contributed by atoms with Crippen molar-refractivity contribution in [2.75, 3.05) is 6.61 Å². The molecule has 0 spiro atoms. The number of carbonyl (C=O) groups is 2. The van der Waals surface area contributed by atoms with Gasteiger partial charge in [0, 0.05) is 12.2 Å². The first-order chi connectivity index (χ1) is 6.66. The van der Waals surface area contributed by atoms with Crippen molar-refractivity contribution in [2.45, 2.75) is 19.8 Å². The summed E-state index contributed by atoms with van der Waals surface area (Å²) in [5.74, 6) is -1.79. The van der Waals surface area contributed by atoms with Crippen LogP contribution in [0.1, 0.15) is 19.8 Å². The van der Waals surface area contributed by atoms with Gasteiger partial charge in [0.25, 0.3) is 0 Å². The lowest BCUT2D eigenvalue weighted by Gasteiger charge is -1.97. The fraction of sp³-hybridized carbons (Fsp3) is 0.400. The Balaban J connectivity index is 3.54. The van der Waals surface area contributed by atoms with E-state index >= 15 is 0 Å². The van der Waals surface area contributed by atoms with Crippen molar-refractivity contribution in [2.24, 2.45) is 0 Å². The van der Waals surface area contributed by atoms with Crippen molar-refractivity contribution in [1.29, 1.82) is 0 Å². The number of esters is 1. The Morgan fingerprint density at radius 1 is 1.29 bits per heavy atom. The number of carboxylic acids is 1. The first-order valence-corrected chi connectivity index (χ1v) is 4.39. The Morgan fingerprint density at radius 2 is 2.00 bits per heavy atom. The molecule has 78 valence electrons. The summed E-state index contributed by atoms with van der Waals surface area (Å²) in [6.45, 7) is 2.29. The molecule has 0 aromatic carbocycles. The Kier molecular flexibility index (Phi) is 7.13. The number of carboxylic acid groups (broad SMARTS) is 1. The minimum atomic E-state index is -1.16. The molecular formula is C10H14O4. The zero-order valence-corrected chi connectivity index (χ0v) is 8.10. The summed E-state index contributed by atoms with van der Waals surface area (Å²) in [6.07, 6.45) is 7.14. The molecule has 0 unspecified atom stereocenters. The lowest BCUT2D eigenvalue weighted by atomic mass is 10.3. The van der Waals surface area contributed by atoms with Crippen molar-refractivity contribution < 1.29 is 19.4 Å². The van der Waals surface area contributed by atoms with Crippen LogP contribution in [0.15, 0.2) is 24.3 Å². The van der Waals surface area contributed by atoms with E-state index in [2.05, 4.69) is 0 Å². The highest BCUT2D eigenvalue weighted by atomic mass is 16.5. The number of hydrogen-bond acceptors (Lipinski definition) is 3. The Morgan fingerprint density at radius 3 is 2.57 bits per heavy atom. The second kappa shape index (κ2) is 8.04. The maximum absolute atomic E-state index is 10.8. The number of rotatable bonds is 6. The molecule has 0 radical (unpaired) electrons. The van der Waals surface area contributed by atoms with Crippen LogP contribution in [0, 0.1) is 0 Å². The molecular weight excluding hydrogens is 184 g/mol. The summed E-state index contributed by atoms with van der Waals surface area (Å²) in [7, 11) is 0. The van der Waals surface area contributed by atoms with Crippen molar-refractivity contribution in [1.82, 2.24) is 0 Å². The zero-order chi connectivity index (χ0) is 10.8. The van der Waals surface area contributed by atoms with E-state index in [1.807, 2.05) is 19.1 Å². The highest BCUT2D eigenvalue weighted by Crippen LogP contribution is 1.89. The number of carbonyl (C=O) groups excluding carboxylic acids is 1. The molecule has 0 saturated heterocycles. The van der Waals surface area contributed by atoms with E-state index in [1.54, 1.807) is 0 Å². The summed E-state index contributed by atoms with van der Waals surface area (Å²) in [6, 6.07) is 0. The topological polar surface area (TPSA) is 63.6 Å². The molecule has 0 aliphatic heterocycles. The molecule has 14 heavy (non-hydrogen) atoms. The molecule has 1 N–H and O–H groups in total. The minimum absolute atomic E-state index is 0.277. The predicted molar refractivity (Wildman–Crippen MR) is 51.8 cm³/mol. The normalized spacial score (nSPS) is 10.9. The molecule has 0 saturated carbocycles.